The first kappa shape index (κ1) is 11.9. The van der Waals surface area contributed by atoms with Gasteiger partial charge in [-0.05, 0) is 45.6 Å². The third-order valence-corrected chi connectivity index (χ3v) is 4.15. The average Bonchev–Trinajstić information content (AvgIpc) is 2.64. The van der Waals surface area contributed by atoms with Crippen molar-refractivity contribution in [1.29, 1.82) is 0 Å². The summed E-state index contributed by atoms with van der Waals surface area (Å²) in [6.45, 7) is 2.90. The van der Waals surface area contributed by atoms with E-state index in [2.05, 4.69) is 11.8 Å². The first-order chi connectivity index (χ1) is 7.59. The first-order valence-corrected chi connectivity index (χ1v) is 6.26. The largest absolute Gasteiger partial charge is 0.481 e. The molecule has 16 heavy (non-hydrogen) atoms. The van der Waals surface area contributed by atoms with E-state index in [1.54, 1.807) is 0 Å². The van der Waals surface area contributed by atoms with Crippen LogP contribution in [0.25, 0.3) is 0 Å². The Bertz CT molecular complexity index is 269. The van der Waals surface area contributed by atoms with Gasteiger partial charge >= 0.3 is 5.97 Å². The molecular formula is C12H21NO3. The Labute approximate surface area is 96.3 Å². The fraction of sp³-hybridized carbons (Fsp3) is 0.917. The van der Waals surface area contributed by atoms with Crippen LogP contribution in [0.5, 0.6) is 0 Å². The summed E-state index contributed by atoms with van der Waals surface area (Å²) in [5.74, 6) is -0.858. The molecule has 2 fully saturated rings. The van der Waals surface area contributed by atoms with Crippen molar-refractivity contribution in [2.24, 2.45) is 5.92 Å². The van der Waals surface area contributed by atoms with Crippen LogP contribution in [0.15, 0.2) is 0 Å². The molecule has 4 nitrogen and oxygen atoms in total. The Morgan fingerprint density at radius 1 is 1.31 bits per heavy atom. The maximum atomic E-state index is 10.9. The second-order valence-corrected chi connectivity index (χ2v) is 5.21. The van der Waals surface area contributed by atoms with Gasteiger partial charge in [-0.3, -0.25) is 9.69 Å². The van der Waals surface area contributed by atoms with Crippen molar-refractivity contribution in [3.05, 3.63) is 0 Å². The summed E-state index contributed by atoms with van der Waals surface area (Å²) >= 11 is 0. The molecule has 1 saturated carbocycles. The van der Waals surface area contributed by atoms with E-state index in [1.165, 1.54) is 0 Å². The highest BCUT2D eigenvalue weighted by atomic mass is 16.4. The molecule has 0 bridgehead atoms. The molecule has 1 aliphatic heterocycles. The minimum absolute atomic E-state index is 0.190. The van der Waals surface area contributed by atoms with Crippen molar-refractivity contribution in [3.8, 4) is 0 Å². The second kappa shape index (κ2) is 4.72. The summed E-state index contributed by atoms with van der Waals surface area (Å²) in [4.78, 5) is 13.2. The number of aliphatic hydroxyl groups excluding tert-OH is 1. The zero-order chi connectivity index (χ0) is 11.7. The van der Waals surface area contributed by atoms with Gasteiger partial charge in [-0.1, -0.05) is 0 Å². The van der Waals surface area contributed by atoms with Crippen LogP contribution in [0.1, 0.15) is 39.0 Å². The lowest BCUT2D eigenvalue weighted by Crippen LogP contribution is -2.50. The number of rotatable bonds is 2. The average molecular weight is 227 g/mol. The molecule has 2 N–H and O–H groups in total. The number of carboxylic acids is 1. The molecule has 0 amide bonds. The van der Waals surface area contributed by atoms with Crippen molar-refractivity contribution in [1.82, 2.24) is 4.90 Å². The van der Waals surface area contributed by atoms with Crippen LogP contribution in [0, 0.1) is 5.92 Å². The standard InChI is InChI=1S/C12H21NO3/c1-8-7-9(12(15)16)5-6-13(8)10-3-2-4-11(10)14/h8-11,14H,2-7H2,1H3,(H,15,16). The molecule has 2 rings (SSSR count). The molecular weight excluding hydrogens is 206 g/mol. The molecule has 0 radical (unpaired) electrons. The van der Waals surface area contributed by atoms with Gasteiger partial charge in [0.05, 0.1) is 12.0 Å². The van der Waals surface area contributed by atoms with Gasteiger partial charge in [0, 0.05) is 12.1 Å². The van der Waals surface area contributed by atoms with E-state index in [1.807, 2.05) is 0 Å². The van der Waals surface area contributed by atoms with Gasteiger partial charge in [-0.2, -0.15) is 0 Å². The van der Waals surface area contributed by atoms with E-state index in [9.17, 15) is 9.90 Å². The summed E-state index contributed by atoms with van der Waals surface area (Å²) in [7, 11) is 0. The van der Waals surface area contributed by atoms with Crippen LogP contribution in [-0.2, 0) is 4.79 Å². The van der Waals surface area contributed by atoms with Crippen LogP contribution in [-0.4, -0.2) is 45.8 Å². The number of hydrogen-bond acceptors (Lipinski definition) is 3. The maximum absolute atomic E-state index is 10.9. The molecule has 2 aliphatic rings. The van der Waals surface area contributed by atoms with E-state index in [0.717, 1.165) is 38.6 Å². The minimum Gasteiger partial charge on any atom is -0.481 e. The number of carboxylic acid groups (broad SMARTS) is 1. The zero-order valence-electron chi connectivity index (χ0n) is 9.80. The van der Waals surface area contributed by atoms with Gasteiger partial charge < -0.3 is 10.2 Å². The van der Waals surface area contributed by atoms with Crippen molar-refractivity contribution in [2.45, 2.75) is 57.2 Å². The number of piperidine rings is 1. The number of hydrogen-bond donors (Lipinski definition) is 2. The van der Waals surface area contributed by atoms with Gasteiger partial charge in [0.2, 0.25) is 0 Å². The Balaban J connectivity index is 1.96. The molecule has 0 spiro atoms. The maximum Gasteiger partial charge on any atom is 0.306 e. The number of carbonyl (C=O) groups is 1. The highest BCUT2D eigenvalue weighted by Gasteiger charge is 2.37. The third-order valence-electron chi connectivity index (χ3n) is 4.15. The van der Waals surface area contributed by atoms with Crippen LogP contribution in [0.4, 0.5) is 0 Å². The monoisotopic (exact) mass is 227 g/mol. The number of nitrogens with zero attached hydrogens (tertiary/aromatic N) is 1. The van der Waals surface area contributed by atoms with Crippen molar-refractivity contribution >= 4 is 5.97 Å². The van der Waals surface area contributed by atoms with E-state index in [4.69, 9.17) is 5.11 Å². The molecule has 1 saturated heterocycles. The Kier molecular flexibility index (Phi) is 3.50. The third kappa shape index (κ3) is 2.23. The van der Waals surface area contributed by atoms with E-state index < -0.39 is 5.97 Å². The quantitative estimate of drug-likeness (QED) is 0.741. The summed E-state index contributed by atoms with van der Waals surface area (Å²) in [6, 6.07) is 0.553. The Morgan fingerprint density at radius 3 is 2.56 bits per heavy atom. The Morgan fingerprint density at radius 2 is 2.06 bits per heavy atom. The van der Waals surface area contributed by atoms with Crippen LogP contribution in [0.3, 0.4) is 0 Å². The van der Waals surface area contributed by atoms with E-state index >= 15 is 0 Å². The lowest BCUT2D eigenvalue weighted by molar-refractivity contribution is -0.144. The Hall–Kier alpha value is -0.610. The molecule has 1 aliphatic carbocycles. The summed E-state index contributed by atoms with van der Waals surface area (Å²) in [6.07, 6.45) is 4.29. The molecule has 4 heteroatoms. The van der Waals surface area contributed by atoms with Gasteiger partial charge in [-0.15, -0.1) is 0 Å². The fourth-order valence-corrected chi connectivity index (χ4v) is 3.22. The first-order valence-electron chi connectivity index (χ1n) is 6.26. The lowest BCUT2D eigenvalue weighted by Gasteiger charge is -2.41. The summed E-state index contributed by atoms with van der Waals surface area (Å²) < 4.78 is 0. The lowest BCUT2D eigenvalue weighted by atomic mass is 9.90. The van der Waals surface area contributed by atoms with Crippen molar-refractivity contribution in [2.75, 3.05) is 6.54 Å². The molecule has 92 valence electrons. The fourth-order valence-electron chi connectivity index (χ4n) is 3.22. The highest BCUT2D eigenvalue weighted by Crippen LogP contribution is 2.31. The van der Waals surface area contributed by atoms with Gasteiger partial charge in [-0.25, -0.2) is 0 Å². The van der Waals surface area contributed by atoms with Gasteiger partial charge in [0.15, 0.2) is 0 Å². The highest BCUT2D eigenvalue weighted by molar-refractivity contribution is 5.70. The predicted octanol–water partition coefficient (Wildman–Crippen LogP) is 1.08. The topological polar surface area (TPSA) is 60.8 Å². The van der Waals surface area contributed by atoms with E-state index in [0.29, 0.717) is 0 Å². The minimum atomic E-state index is -0.668. The molecule has 1 heterocycles. The van der Waals surface area contributed by atoms with Crippen LogP contribution in [0.2, 0.25) is 0 Å². The van der Waals surface area contributed by atoms with E-state index in [-0.39, 0.29) is 24.1 Å². The van der Waals surface area contributed by atoms with Crippen molar-refractivity contribution in [3.63, 3.8) is 0 Å². The molecule has 0 aromatic carbocycles. The summed E-state index contributed by atoms with van der Waals surface area (Å²) in [5, 5.41) is 18.9. The van der Waals surface area contributed by atoms with Crippen molar-refractivity contribution < 1.29 is 15.0 Å². The SMILES string of the molecule is CC1CC(C(=O)O)CCN1C1CCCC1O. The van der Waals surface area contributed by atoms with Gasteiger partial charge in [0.25, 0.3) is 0 Å². The molecule has 4 unspecified atom stereocenters. The van der Waals surface area contributed by atoms with Crippen LogP contribution < -0.4 is 0 Å². The summed E-state index contributed by atoms with van der Waals surface area (Å²) in [5.41, 5.74) is 0. The number of likely N-dealkylation sites (tertiary alicyclic amines) is 1. The molecule has 4 atom stereocenters. The number of aliphatic hydroxyl groups is 1. The van der Waals surface area contributed by atoms with Gasteiger partial charge in [0.1, 0.15) is 0 Å². The second-order valence-electron chi connectivity index (χ2n) is 5.21. The zero-order valence-corrected chi connectivity index (χ0v) is 9.80. The predicted molar refractivity (Wildman–Crippen MR) is 60.2 cm³/mol. The smallest absolute Gasteiger partial charge is 0.306 e. The normalized spacial score (nSPS) is 41.1. The molecule has 0 aromatic rings. The van der Waals surface area contributed by atoms with Crippen LogP contribution >= 0.6 is 0 Å². The number of aliphatic carboxylic acids is 1. The molecule has 0 aromatic heterocycles.